The molecule has 0 spiro atoms. The summed E-state index contributed by atoms with van der Waals surface area (Å²) in [5.41, 5.74) is 0.972. The maximum Gasteiger partial charge on any atom is 0.488 e. The SMILES string of the molecule is C=CC[N+](C)(CC=C)CCCCCCCCCCC(=O)Nc1cccc(B(O)O)c1. The minimum absolute atomic E-state index is 0.0280. The van der Waals surface area contributed by atoms with E-state index >= 15 is 0 Å². The van der Waals surface area contributed by atoms with E-state index < -0.39 is 7.12 Å². The Morgan fingerprint density at radius 2 is 1.57 bits per heavy atom. The van der Waals surface area contributed by atoms with Crippen molar-refractivity contribution in [1.29, 1.82) is 0 Å². The van der Waals surface area contributed by atoms with Gasteiger partial charge in [-0.1, -0.05) is 57.4 Å². The van der Waals surface area contributed by atoms with Crippen molar-refractivity contribution < 1.29 is 19.3 Å². The molecule has 3 N–H and O–H groups in total. The number of rotatable bonds is 17. The quantitative estimate of drug-likeness (QED) is 0.158. The Bertz CT molecular complexity index is 639. The molecule has 0 aliphatic rings. The van der Waals surface area contributed by atoms with Gasteiger partial charge in [-0.3, -0.25) is 4.79 Å². The van der Waals surface area contributed by atoms with Gasteiger partial charge in [0.15, 0.2) is 0 Å². The zero-order valence-corrected chi connectivity index (χ0v) is 18.7. The zero-order valence-electron chi connectivity index (χ0n) is 18.7. The number of hydrogen-bond donors (Lipinski definition) is 3. The van der Waals surface area contributed by atoms with Gasteiger partial charge < -0.3 is 19.8 Å². The Balaban J connectivity index is 2.05. The van der Waals surface area contributed by atoms with Crippen LogP contribution in [0.3, 0.4) is 0 Å². The first kappa shape index (κ1) is 26.2. The van der Waals surface area contributed by atoms with Crippen LogP contribution in [0.5, 0.6) is 0 Å². The van der Waals surface area contributed by atoms with Crippen LogP contribution in [0.4, 0.5) is 5.69 Å². The summed E-state index contributed by atoms with van der Waals surface area (Å²) in [6, 6.07) is 6.64. The molecule has 1 rings (SSSR count). The largest absolute Gasteiger partial charge is 0.488 e. The number of nitrogens with zero attached hydrogens (tertiary/aromatic N) is 1. The smallest absolute Gasteiger partial charge is 0.423 e. The lowest BCUT2D eigenvalue weighted by atomic mass is 9.80. The molecule has 6 heteroatoms. The van der Waals surface area contributed by atoms with E-state index in [1.807, 2.05) is 12.2 Å². The molecule has 0 atom stereocenters. The first-order chi connectivity index (χ1) is 14.4. The molecule has 0 heterocycles. The lowest BCUT2D eigenvalue weighted by Gasteiger charge is -2.32. The van der Waals surface area contributed by atoms with Gasteiger partial charge in [-0.05, 0) is 49.0 Å². The monoisotopic (exact) mass is 415 g/mol. The summed E-state index contributed by atoms with van der Waals surface area (Å²) in [5.74, 6) is -0.0280. The number of carbonyl (C=O) groups excluding carboxylic acids is 1. The molecule has 0 bridgehead atoms. The van der Waals surface area contributed by atoms with Crippen LogP contribution in [0.2, 0.25) is 0 Å². The van der Waals surface area contributed by atoms with Crippen molar-refractivity contribution in [2.75, 3.05) is 32.0 Å². The van der Waals surface area contributed by atoms with Crippen molar-refractivity contribution in [3.63, 3.8) is 0 Å². The van der Waals surface area contributed by atoms with E-state index in [1.165, 1.54) is 45.1 Å². The first-order valence-corrected chi connectivity index (χ1v) is 11.2. The van der Waals surface area contributed by atoms with Gasteiger partial charge in [-0.2, -0.15) is 0 Å². The number of unbranched alkanes of at least 4 members (excludes halogenated alkanes) is 7. The van der Waals surface area contributed by atoms with Gasteiger partial charge in [-0.15, -0.1) is 0 Å². The van der Waals surface area contributed by atoms with Crippen LogP contribution in [0.15, 0.2) is 49.6 Å². The van der Waals surface area contributed by atoms with Gasteiger partial charge in [-0.25, -0.2) is 0 Å². The molecule has 0 aromatic heterocycles. The van der Waals surface area contributed by atoms with Crippen LogP contribution in [0.25, 0.3) is 0 Å². The van der Waals surface area contributed by atoms with Crippen LogP contribution in [-0.2, 0) is 4.79 Å². The molecule has 1 aromatic carbocycles. The zero-order chi connectivity index (χ0) is 22.2. The molecule has 0 fully saturated rings. The molecule has 0 unspecified atom stereocenters. The maximum atomic E-state index is 12.0. The summed E-state index contributed by atoms with van der Waals surface area (Å²) in [7, 11) is 0.747. The highest BCUT2D eigenvalue weighted by atomic mass is 16.4. The van der Waals surface area contributed by atoms with Crippen LogP contribution in [0, 0.1) is 0 Å². The second-order valence-electron chi connectivity index (χ2n) is 8.41. The lowest BCUT2D eigenvalue weighted by molar-refractivity contribution is -0.898. The number of anilines is 1. The molecule has 0 saturated carbocycles. The van der Waals surface area contributed by atoms with Gasteiger partial charge >= 0.3 is 7.12 Å². The van der Waals surface area contributed by atoms with Crippen molar-refractivity contribution in [2.24, 2.45) is 0 Å². The minimum atomic E-state index is -1.52. The highest BCUT2D eigenvalue weighted by Crippen LogP contribution is 2.13. The highest BCUT2D eigenvalue weighted by molar-refractivity contribution is 6.58. The van der Waals surface area contributed by atoms with Gasteiger partial charge in [0.05, 0.1) is 26.7 Å². The van der Waals surface area contributed by atoms with E-state index in [2.05, 4.69) is 25.5 Å². The lowest BCUT2D eigenvalue weighted by Crippen LogP contribution is -2.44. The standard InChI is InChI=1S/C24H39BN2O3/c1-4-18-27(3,19-5-2)20-13-11-9-7-6-8-10-12-17-24(28)26-23-16-14-15-22(21-23)25(29)30/h4-5,14-16,21,29-30H,1-2,6-13,17-20H2,3H3/p+1. The molecule has 1 amide bonds. The van der Waals surface area contributed by atoms with Crippen LogP contribution < -0.4 is 10.8 Å². The Kier molecular flexibility index (Phi) is 13.1. The Labute approximate surface area is 183 Å². The maximum absolute atomic E-state index is 12.0. The molecular formula is C24H40BN2O3+. The second kappa shape index (κ2) is 15.0. The van der Waals surface area contributed by atoms with E-state index in [-0.39, 0.29) is 5.91 Å². The second-order valence-corrected chi connectivity index (χ2v) is 8.41. The molecule has 0 aliphatic carbocycles. The van der Waals surface area contributed by atoms with Gasteiger partial charge in [0, 0.05) is 12.1 Å². The van der Waals surface area contributed by atoms with Crippen molar-refractivity contribution in [3.05, 3.63) is 49.6 Å². The molecular weight excluding hydrogens is 375 g/mol. The number of quaternary nitrogens is 1. The molecule has 0 saturated heterocycles. The fourth-order valence-electron chi connectivity index (χ4n) is 3.72. The van der Waals surface area contributed by atoms with E-state index in [1.54, 1.807) is 24.3 Å². The van der Waals surface area contributed by atoms with E-state index in [0.29, 0.717) is 17.6 Å². The fourth-order valence-corrected chi connectivity index (χ4v) is 3.72. The van der Waals surface area contributed by atoms with Crippen molar-refractivity contribution in [2.45, 2.75) is 57.8 Å². The summed E-state index contributed by atoms with van der Waals surface area (Å²) in [6.45, 7) is 10.9. The molecule has 166 valence electrons. The summed E-state index contributed by atoms with van der Waals surface area (Å²) in [4.78, 5) is 12.0. The summed E-state index contributed by atoms with van der Waals surface area (Å²) < 4.78 is 1.000. The Morgan fingerprint density at radius 3 is 2.13 bits per heavy atom. The third-order valence-corrected chi connectivity index (χ3v) is 5.46. The van der Waals surface area contributed by atoms with Crippen LogP contribution in [-0.4, -0.2) is 54.2 Å². The number of hydrogen-bond acceptors (Lipinski definition) is 3. The fraction of sp³-hybridized carbons (Fsp3) is 0.542. The number of likely N-dealkylation sites (N-methyl/N-ethyl adjacent to an activating group) is 1. The highest BCUT2D eigenvalue weighted by Gasteiger charge is 2.16. The minimum Gasteiger partial charge on any atom is -0.423 e. The van der Waals surface area contributed by atoms with E-state index in [0.717, 1.165) is 30.4 Å². The van der Waals surface area contributed by atoms with Crippen LogP contribution >= 0.6 is 0 Å². The molecule has 0 aliphatic heterocycles. The van der Waals surface area contributed by atoms with Crippen molar-refractivity contribution in [1.82, 2.24) is 0 Å². The number of nitrogens with one attached hydrogen (secondary N) is 1. The van der Waals surface area contributed by atoms with Crippen LogP contribution in [0.1, 0.15) is 57.8 Å². The molecule has 30 heavy (non-hydrogen) atoms. The molecule has 1 aromatic rings. The predicted octanol–water partition coefficient (Wildman–Crippen LogP) is 3.63. The van der Waals surface area contributed by atoms with E-state index in [4.69, 9.17) is 0 Å². The Morgan fingerprint density at radius 1 is 1.00 bits per heavy atom. The van der Waals surface area contributed by atoms with Gasteiger partial charge in [0.25, 0.3) is 0 Å². The molecule has 5 nitrogen and oxygen atoms in total. The topological polar surface area (TPSA) is 69.6 Å². The van der Waals surface area contributed by atoms with Crippen molar-refractivity contribution in [3.8, 4) is 0 Å². The third kappa shape index (κ3) is 11.3. The molecule has 0 radical (unpaired) electrons. The number of carbonyl (C=O) groups is 1. The summed E-state index contributed by atoms with van der Waals surface area (Å²) in [6.07, 6.45) is 13.9. The predicted molar refractivity (Wildman–Crippen MR) is 128 cm³/mol. The van der Waals surface area contributed by atoms with E-state index in [9.17, 15) is 14.8 Å². The summed E-state index contributed by atoms with van der Waals surface area (Å²) in [5, 5.41) is 21.2. The number of benzene rings is 1. The Hall–Kier alpha value is -1.89. The van der Waals surface area contributed by atoms with Crippen molar-refractivity contribution >= 4 is 24.2 Å². The summed E-state index contributed by atoms with van der Waals surface area (Å²) >= 11 is 0. The number of amides is 1. The first-order valence-electron chi connectivity index (χ1n) is 11.2. The third-order valence-electron chi connectivity index (χ3n) is 5.46. The van der Waals surface area contributed by atoms with Gasteiger partial charge in [0.1, 0.15) is 0 Å². The normalized spacial score (nSPS) is 11.2. The average Bonchev–Trinajstić information content (AvgIpc) is 2.70. The van der Waals surface area contributed by atoms with Gasteiger partial charge in [0.2, 0.25) is 5.91 Å². The average molecular weight is 415 g/mol.